The summed E-state index contributed by atoms with van der Waals surface area (Å²) in [4.78, 5) is 15.7. The van der Waals surface area contributed by atoms with Gasteiger partial charge in [0.2, 0.25) is 0 Å². The molecule has 1 aliphatic rings. The number of nitrogens with zero attached hydrogens (tertiary/aromatic N) is 4. The molecule has 1 N–H and O–H groups in total. The third-order valence-corrected chi connectivity index (χ3v) is 4.44. The minimum absolute atomic E-state index is 0.167. The van der Waals surface area contributed by atoms with Gasteiger partial charge in [-0.15, -0.1) is 0 Å². The molecule has 1 fully saturated rings. The van der Waals surface area contributed by atoms with Gasteiger partial charge in [-0.1, -0.05) is 13.0 Å². The van der Waals surface area contributed by atoms with Crippen LogP contribution < -0.4 is 10.2 Å². The van der Waals surface area contributed by atoms with Crippen LogP contribution in [0.3, 0.4) is 0 Å². The summed E-state index contributed by atoms with van der Waals surface area (Å²) < 4.78 is 0. The van der Waals surface area contributed by atoms with Crippen molar-refractivity contribution in [2.75, 3.05) is 23.3 Å². The highest BCUT2D eigenvalue weighted by Crippen LogP contribution is 2.24. The van der Waals surface area contributed by atoms with E-state index >= 15 is 0 Å². The Bertz CT molecular complexity index is 637. The molecule has 0 radical (unpaired) electrons. The van der Waals surface area contributed by atoms with E-state index in [1.165, 1.54) is 24.8 Å². The Morgan fingerprint density at radius 3 is 2.74 bits per heavy atom. The molecule has 23 heavy (non-hydrogen) atoms. The number of piperidine rings is 1. The van der Waals surface area contributed by atoms with Gasteiger partial charge in [0.1, 0.15) is 18.0 Å². The smallest absolute Gasteiger partial charge is 0.134 e. The number of hydrogen-bond donors (Lipinski definition) is 1. The van der Waals surface area contributed by atoms with Gasteiger partial charge in [-0.05, 0) is 44.2 Å². The highest BCUT2D eigenvalue weighted by molar-refractivity contribution is 5.49. The Hall–Kier alpha value is -2.17. The van der Waals surface area contributed by atoms with Crippen LogP contribution in [0.5, 0.6) is 0 Å². The summed E-state index contributed by atoms with van der Waals surface area (Å²) in [6, 6.07) is 6.31. The fourth-order valence-corrected chi connectivity index (χ4v) is 3.13. The Balaban J connectivity index is 1.77. The van der Waals surface area contributed by atoms with E-state index in [1.807, 2.05) is 12.3 Å². The van der Waals surface area contributed by atoms with Crippen molar-refractivity contribution in [2.24, 2.45) is 0 Å². The quantitative estimate of drug-likeness (QED) is 0.911. The van der Waals surface area contributed by atoms with Gasteiger partial charge in [0.25, 0.3) is 0 Å². The van der Waals surface area contributed by atoms with E-state index < -0.39 is 0 Å². The zero-order valence-corrected chi connectivity index (χ0v) is 14.0. The lowest BCUT2D eigenvalue weighted by Gasteiger charge is -2.28. The molecule has 5 heteroatoms. The van der Waals surface area contributed by atoms with E-state index in [1.54, 1.807) is 6.33 Å². The maximum absolute atomic E-state index is 4.54. The summed E-state index contributed by atoms with van der Waals surface area (Å²) in [6.07, 6.45) is 8.29. The number of nitrogens with one attached hydrogen (secondary N) is 1. The van der Waals surface area contributed by atoms with Gasteiger partial charge in [0, 0.05) is 25.4 Å². The lowest BCUT2D eigenvalue weighted by Crippen LogP contribution is -2.30. The van der Waals surface area contributed by atoms with Crippen LogP contribution in [0.15, 0.2) is 30.7 Å². The molecule has 1 atom stereocenters. The molecule has 0 aromatic carbocycles. The number of rotatable bonds is 5. The van der Waals surface area contributed by atoms with Crippen molar-refractivity contribution < 1.29 is 0 Å². The molecule has 0 spiro atoms. The minimum atomic E-state index is 0.167. The summed E-state index contributed by atoms with van der Waals surface area (Å²) in [7, 11) is 0. The Kier molecular flexibility index (Phi) is 5.05. The molecule has 3 heterocycles. The molecular weight excluding hydrogens is 286 g/mol. The van der Waals surface area contributed by atoms with Gasteiger partial charge in [0.05, 0.1) is 11.7 Å². The standard InChI is InChI=1S/C18H25N5/c1-3-15(18-14(2)8-7-9-19-18)22-16-12-17(21-13-20-16)23-10-5-4-6-11-23/h7-9,12-13,15H,3-6,10-11H2,1-2H3,(H,20,21,22). The highest BCUT2D eigenvalue weighted by Gasteiger charge is 2.16. The molecule has 2 aromatic heterocycles. The summed E-state index contributed by atoms with van der Waals surface area (Å²) in [5, 5.41) is 3.53. The van der Waals surface area contributed by atoms with Crippen molar-refractivity contribution in [2.45, 2.75) is 45.6 Å². The van der Waals surface area contributed by atoms with Gasteiger partial charge in [-0.25, -0.2) is 9.97 Å². The molecule has 1 unspecified atom stereocenters. The van der Waals surface area contributed by atoms with Gasteiger partial charge in [-0.3, -0.25) is 4.98 Å². The van der Waals surface area contributed by atoms with E-state index in [0.717, 1.165) is 36.8 Å². The van der Waals surface area contributed by atoms with Crippen molar-refractivity contribution in [3.05, 3.63) is 42.0 Å². The summed E-state index contributed by atoms with van der Waals surface area (Å²) in [6.45, 7) is 6.45. The van der Waals surface area contributed by atoms with Crippen LogP contribution in [0.1, 0.15) is 49.9 Å². The van der Waals surface area contributed by atoms with Gasteiger partial charge >= 0.3 is 0 Å². The number of aromatic nitrogens is 3. The monoisotopic (exact) mass is 311 g/mol. The van der Waals surface area contributed by atoms with Crippen LogP contribution in [0.2, 0.25) is 0 Å². The largest absolute Gasteiger partial charge is 0.362 e. The first-order valence-electron chi connectivity index (χ1n) is 8.53. The first-order chi connectivity index (χ1) is 11.3. The second-order valence-corrected chi connectivity index (χ2v) is 6.12. The summed E-state index contributed by atoms with van der Waals surface area (Å²) in [5.41, 5.74) is 2.30. The van der Waals surface area contributed by atoms with Crippen molar-refractivity contribution in [1.29, 1.82) is 0 Å². The first-order valence-corrected chi connectivity index (χ1v) is 8.53. The van der Waals surface area contributed by atoms with E-state index in [9.17, 15) is 0 Å². The van der Waals surface area contributed by atoms with Crippen LogP contribution in [-0.4, -0.2) is 28.0 Å². The first kappa shape index (κ1) is 15.7. The topological polar surface area (TPSA) is 53.9 Å². The second-order valence-electron chi connectivity index (χ2n) is 6.12. The predicted octanol–water partition coefficient (Wildman–Crippen LogP) is 3.73. The number of anilines is 2. The third-order valence-electron chi connectivity index (χ3n) is 4.44. The lowest BCUT2D eigenvalue weighted by molar-refractivity contribution is 0.573. The van der Waals surface area contributed by atoms with Crippen LogP contribution in [0, 0.1) is 6.92 Å². The number of aryl methyl sites for hydroxylation is 1. The summed E-state index contributed by atoms with van der Waals surface area (Å²) >= 11 is 0. The second kappa shape index (κ2) is 7.40. The number of hydrogen-bond acceptors (Lipinski definition) is 5. The molecule has 122 valence electrons. The fourth-order valence-electron chi connectivity index (χ4n) is 3.13. The van der Waals surface area contributed by atoms with Gasteiger partial charge in [0.15, 0.2) is 0 Å². The molecule has 3 rings (SSSR count). The Morgan fingerprint density at radius 2 is 2.00 bits per heavy atom. The molecule has 1 aliphatic heterocycles. The van der Waals surface area contributed by atoms with Crippen LogP contribution in [0.25, 0.3) is 0 Å². The van der Waals surface area contributed by atoms with Gasteiger partial charge < -0.3 is 10.2 Å². The maximum Gasteiger partial charge on any atom is 0.134 e. The third kappa shape index (κ3) is 3.78. The van der Waals surface area contributed by atoms with Gasteiger partial charge in [-0.2, -0.15) is 0 Å². The van der Waals surface area contributed by atoms with E-state index in [4.69, 9.17) is 0 Å². The minimum Gasteiger partial charge on any atom is -0.362 e. The summed E-state index contributed by atoms with van der Waals surface area (Å²) in [5.74, 6) is 1.90. The van der Waals surface area contributed by atoms with Crippen molar-refractivity contribution in [1.82, 2.24) is 15.0 Å². The molecule has 2 aromatic rings. The molecule has 1 saturated heterocycles. The average Bonchev–Trinajstić information content (AvgIpc) is 2.61. The van der Waals surface area contributed by atoms with E-state index in [2.05, 4.69) is 51.1 Å². The molecule has 0 amide bonds. The van der Waals surface area contributed by atoms with Crippen LogP contribution in [-0.2, 0) is 0 Å². The van der Waals surface area contributed by atoms with Crippen LogP contribution >= 0.6 is 0 Å². The highest BCUT2D eigenvalue weighted by atomic mass is 15.2. The zero-order chi connectivity index (χ0) is 16.1. The van der Waals surface area contributed by atoms with E-state index in [0.29, 0.717) is 0 Å². The predicted molar refractivity (Wildman–Crippen MR) is 93.7 cm³/mol. The molecule has 0 aliphatic carbocycles. The SMILES string of the molecule is CCC(Nc1cc(N2CCCCC2)ncn1)c1ncccc1C. The molecular formula is C18H25N5. The van der Waals surface area contributed by atoms with Crippen molar-refractivity contribution >= 4 is 11.6 Å². The normalized spacial score (nSPS) is 16.2. The molecule has 0 saturated carbocycles. The fraction of sp³-hybridized carbons (Fsp3) is 0.500. The Morgan fingerprint density at radius 1 is 1.17 bits per heavy atom. The maximum atomic E-state index is 4.54. The Labute approximate surface area is 138 Å². The average molecular weight is 311 g/mol. The lowest BCUT2D eigenvalue weighted by atomic mass is 10.1. The van der Waals surface area contributed by atoms with Crippen LogP contribution in [0.4, 0.5) is 11.6 Å². The molecule has 5 nitrogen and oxygen atoms in total. The molecule has 0 bridgehead atoms. The zero-order valence-electron chi connectivity index (χ0n) is 14.0. The van der Waals surface area contributed by atoms with E-state index in [-0.39, 0.29) is 6.04 Å². The number of pyridine rings is 1. The van der Waals surface area contributed by atoms with Crippen molar-refractivity contribution in [3.8, 4) is 0 Å². The van der Waals surface area contributed by atoms with Crippen molar-refractivity contribution in [3.63, 3.8) is 0 Å².